The summed E-state index contributed by atoms with van der Waals surface area (Å²) in [6.45, 7) is 2.30. The number of carbonyl (C=O) groups excluding carboxylic acids is 2. The topological polar surface area (TPSA) is 110 Å². The lowest BCUT2D eigenvalue weighted by atomic mass is 10.0. The predicted molar refractivity (Wildman–Crippen MR) is 129 cm³/mol. The lowest BCUT2D eigenvalue weighted by Gasteiger charge is -2.27. The van der Waals surface area contributed by atoms with Crippen LogP contribution in [0.25, 0.3) is 0 Å². The highest BCUT2D eigenvalue weighted by molar-refractivity contribution is 7.95. The fourth-order valence-electron chi connectivity index (χ4n) is 3.94. The Bertz CT molecular complexity index is 1380. The maximum Gasteiger partial charge on any atom is 0.337 e. The quantitative estimate of drug-likeness (QED) is 0.491. The number of rotatable bonds is 7. The zero-order chi connectivity index (χ0) is 25.2. The lowest BCUT2D eigenvalue weighted by Crippen LogP contribution is -2.31. The number of sulfone groups is 1. The van der Waals surface area contributed by atoms with E-state index >= 15 is 0 Å². The fraction of sp³-hybridized carbons (Fsp3) is 0.154. The van der Waals surface area contributed by atoms with Crippen molar-refractivity contribution in [1.82, 2.24) is 0 Å². The molecule has 1 N–H and O–H groups in total. The van der Waals surface area contributed by atoms with Crippen LogP contribution < -0.4 is 9.64 Å². The molecule has 0 saturated carbocycles. The van der Waals surface area contributed by atoms with Crippen molar-refractivity contribution < 1.29 is 32.6 Å². The monoisotopic (exact) mass is 493 g/mol. The van der Waals surface area contributed by atoms with Crippen LogP contribution in [-0.4, -0.2) is 39.1 Å². The number of nitrogens with zero attached hydrogens (tertiary/aromatic N) is 1. The van der Waals surface area contributed by atoms with Crippen LogP contribution in [0.2, 0.25) is 0 Å². The van der Waals surface area contributed by atoms with Crippen molar-refractivity contribution in [3.8, 4) is 5.75 Å². The van der Waals surface area contributed by atoms with Crippen LogP contribution in [0.1, 0.15) is 28.9 Å². The molecule has 4 rings (SSSR count). The normalized spacial score (nSPS) is 15.9. The first kappa shape index (κ1) is 24.0. The third-order valence-electron chi connectivity index (χ3n) is 5.58. The molecule has 8 nitrogen and oxygen atoms in total. The maximum absolute atomic E-state index is 13.6. The number of amides is 1. The van der Waals surface area contributed by atoms with Gasteiger partial charge in [-0.05, 0) is 61.0 Å². The van der Waals surface area contributed by atoms with Crippen molar-refractivity contribution in [2.45, 2.75) is 17.9 Å². The Hall–Kier alpha value is -4.11. The van der Waals surface area contributed by atoms with Crippen LogP contribution in [0.3, 0.4) is 0 Å². The molecule has 0 saturated heterocycles. The molecule has 1 amide bonds. The van der Waals surface area contributed by atoms with Gasteiger partial charge in [0.25, 0.3) is 5.91 Å². The molecular weight excluding hydrogens is 470 g/mol. The van der Waals surface area contributed by atoms with Crippen LogP contribution in [0.15, 0.2) is 94.4 Å². The highest BCUT2D eigenvalue weighted by Gasteiger charge is 2.47. The molecule has 0 radical (unpaired) electrons. The Morgan fingerprint density at radius 3 is 2.17 bits per heavy atom. The van der Waals surface area contributed by atoms with Gasteiger partial charge in [0.2, 0.25) is 9.84 Å². The standard InChI is InChI=1S/C26H23NO7S/c1-3-34-20-15-13-19(14-16-20)27-22(17-9-11-18(12-10-17)26(30)33-2)24(23(28)25(27)29)35(31,32)21-7-5-4-6-8-21/h4-16,22,28H,3H2,1-2H3/t22-/m1/s1. The third kappa shape index (κ3) is 4.38. The summed E-state index contributed by atoms with van der Waals surface area (Å²) >= 11 is 0. The number of aliphatic hydroxyl groups is 1. The first-order chi connectivity index (χ1) is 16.8. The minimum absolute atomic E-state index is 0.0564. The van der Waals surface area contributed by atoms with E-state index in [2.05, 4.69) is 0 Å². The Kier molecular flexibility index (Phi) is 6.61. The molecule has 1 atom stereocenters. The largest absolute Gasteiger partial charge is 0.502 e. The van der Waals surface area contributed by atoms with Gasteiger partial charge in [0, 0.05) is 5.69 Å². The second-order valence-corrected chi connectivity index (χ2v) is 9.57. The molecular formula is C26H23NO7S. The van der Waals surface area contributed by atoms with Crippen LogP contribution in [0.4, 0.5) is 5.69 Å². The van der Waals surface area contributed by atoms with E-state index in [0.29, 0.717) is 23.6 Å². The van der Waals surface area contributed by atoms with Crippen molar-refractivity contribution in [3.05, 3.63) is 101 Å². The summed E-state index contributed by atoms with van der Waals surface area (Å²) < 4.78 is 37.4. The van der Waals surface area contributed by atoms with Gasteiger partial charge in [-0.3, -0.25) is 9.69 Å². The van der Waals surface area contributed by atoms with E-state index in [1.807, 2.05) is 6.92 Å². The van der Waals surface area contributed by atoms with E-state index in [0.717, 1.165) is 0 Å². The number of benzene rings is 3. The van der Waals surface area contributed by atoms with Gasteiger partial charge in [-0.1, -0.05) is 30.3 Å². The predicted octanol–water partition coefficient (Wildman–Crippen LogP) is 4.20. The van der Waals surface area contributed by atoms with Gasteiger partial charge in [-0.15, -0.1) is 0 Å². The minimum Gasteiger partial charge on any atom is -0.502 e. The van der Waals surface area contributed by atoms with E-state index in [9.17, 15) is 23.1 Å². The molecule has 3 aromatic carbocycles. The zero-order valence-electron chi connectivity index (χ0n) is 19.0. The van der Waals surface area contributed by atoms with Gasteiger partial charge >= 0.3 is 5.97 Å². The Morgan fingerprint density at radius 1 is 0.971 bits per heavy atom. The van der Waals surface area contributed by atoms with E-state index in [4.69, 9.17) is 9.47 Å². The van der Waals surface area contributed by atoms with Gasteiger partial charge in [0.15, 0.2) is 5.76 Å². The molecule has 3 aromatic rings. The molecule has 0 unspecified atom stereocenters. The molecule has 1 aliphatic rings. The summed E-state index contributed by atoms with van der Waals surface area (Å²) in [5, 5.41) is 10.8. The summed E-state index contributed by atoms with van der Waals surface area (Å²) in [7, 11) is -3.00. The third-order valence-corrected chi connectivity index (χ3v) is 7.47. The van der Waals surface area contributed by atoms with Crippen LogP contribution in [-0.2, 0) is 19.4 Å². The number of hydrogen-bond donors (Lipinski definition) is 1. The van der Waals surface area contributed by atoms with Crippen molar-refractivity contribution in [2.75, 3.05) is 18.6 Å². The van der Waals surface area contributed by atoms with Crippen LogP contribution >= 0.6 is 0 Å². The first-order valence-electron chi connectivity index (χ1n) is 10.8. The van der Waals surface area contributed by atoms with Gasteiger partial charge in [-0.25, -0.2) is 13.2 Å². The summed E-state index contributed by atoms with van der Waals surface area (Å²) in [6.07, 6.45) is 0. The summed E-state index contributed by atoms with van der Waals surface area (Å²) in [6, 6.07) is 19.0. The Labute approximate surface area is 202 Å². The highest BCUT2D eigenvalue weighted by atomic mass is 32.2. The van der Waals surface area contributed by atoms with E-state index in [1.54, 1.807) is 42.5 Å². The van der Waals surface area contributed by atoms with E-state index in [-0.39, 0.29) is 10.5 Å². The molecule has 180 valence electrons. The molecule has 0 aliphatic carbocycles. The van der Waals surface area contributed by atoms with Crippen LogP contribution in [0.5, 0.6) is 5.75 Å². The van der Waals surface area contributed by atoms with Crippen molar-refractivity contribution >= 4 is 27.4 Å². The maximum atomic E-state index is 13.6. The SMILES string of the molecule is CCOc1ccc(N2C(=O)C(O)=C(S(=O)(=O)c3ccccc3)[C@H]2c2ccc(C(=O)OC)cc2)cc1. The minimum atomic E-state index is -4.26. The van der Waals surface area contributed by atoms with Crippen molar-refractivity contribution in [1.29, 1.82) is 0 Å². The van der Waals surface area contributed by atoms with Gasteiger partial charge in [0.1, 0.15) is 16.7 Å². The number of carbonyl (C=O) groups is 2. The van der Waals surface area contributed by atoms with Gasteiger partial charge in [-0.2, -0.15) is 0 Å². The smallest absolute Gasteiger partial charge is 0.337 e. The van der Waals surface area contributed by atoms with Gasteiger partial charge < -0.3 is 14.6 Å². The van der Waals surface area contributed by atoms with Crippen molar-refractivity contribution in [2.24, 2.45) is 0 Å². The number of hydrogen-bond acceptors (Lipinski definition) is 7. The number of ether oxygens (including phenoxy) is 2. The molecule has 1 aliphatic heterocycles. The zero-order valence-corrected chi connectivity index (χ0v) is 19.9. The van der Waals surface area contributed by atoms with E-state index in [1.165, 1.54) is 48.4 Å². The Balaban J connectivity index is 1.87. The summed E-state index contributed by atoms with van der Waals surface area (Å²) in [5.74, 6) is -1.69. The van der Waals surface area contributed by atoms with Crippen molar-refractivity contribution in [3.63, 3.8) is 0 Å². The number of anilines is 1. The molecule has 9 heteroatoms. The summed E-state index contributed by atoms with van der Waals surface area (Å²) in [5.41, 5.74) is 1.01. The van der Waals surface area contributed by atoms with Gasteiger partial charge in [0.05, 0.1) is 24.2 Å². The van der Waals surface area contributed by atoms with Crippen LogP contribution in [0, 0.1) is 0 Å². The number of methoxy groups -OCH3 is 1. The van der Waals surface area contributed by atoms with E-state index < -0.39 is 38.4 Å². The summed E-state index contributed by atoms with van der Waals surface area (Å²) in [4.78, 5) is 25.9. The second kappa shape index (κ2) is 9.63. The average Bonchev–Trinajstić information content (AvgIpc) is 3.15. The molecule has 35 heavy (non-hydrogen) atoms. The molecule has 0 bridgehead atoms. The molecule has 1 heterocycles. The number of esters is 1. The molecule has 0 spiro atoms. The molecule has 0 aromatic heterocycles. The fourth-order valence-corrected chi connectivity index (χ4v) is 5.59. The Morgan fingerprint density at radius 2 is 1.60 bits per heavy atom. The molecule has 0 fully saturated rings. The highest BCUT2D eigenvalue weighted by Crippen LogP contribution is 2.45. The first-order valence-corrected chi connectivity index (χ1v) is 12.3. The number of aliphatic hydroxyl groups excluding tert-OH is 1. The average molecular weight is 494 g/mol. The second-order valence-electron chi connectivity index (χ2n) is 7.65. The lowest BCUT2D eigenvalue weighted by molar-refractivity contribution is -0.117.